The number of hydrogen-bond donors (Lipinski definition) is 1. The van der Waals surface area contributed by atoms with Crippen molar-refractivity contribution in [1.29, 1.82) is 0 Å². The van der Waals surface area contributed by atoms with Crippen LogP contribution in [0.4, 0.5) is 0 Å². The van der Waals surface area contributed by atoms with Crippen molar-refractivity contribution in [1.82, 2.24) is 15.2 Å². The standard InChI is InChI=1S/C23H31N3O2S/c1-3-18-4-6-19(7-5-18)15-26-12-10-23(11-13-26)9-8-20(28-23)14-24-22(27)21-16-29-17(2)25-21/h4-7,16,20H,3,8-15H2,1-2H3,(H,24,27)/t20-/m1/s1. The molecule has 2 saturated heterocycles. The molecule has 1 aromatic heterocycles. The molecule has 6 heteroatoms. The molecule has 4 rings (SSSR count). The zero-order chi connectivity index (χ0) is 20.3. The molecule has 1 spiro atoms. The first-order valence-corrected chi connectivity index (χ1v) is 11.6. The number of hydrogen-bond acceptors (Lipinski definition) is 5. The van der Waals surface area contributed by atoms with Crippen LogP contribution >= 0.6 is 11.3 Å². The van der Waals surface area contributed by atoms with E-state index in [1.165, 1.54) is 22.5 Å². The van der Waals surface area contributed by atoms with Crippen LogP contribution in [-0.4, -0.2) is 47.1 Å². The van der Waals surface area contributed by atoms with Gasteiger partial charge in [-0.25, -0.2) is 4.98 Å². The largest absolute Gasteiger partial charge is 0.370 e. The summed E-state index contributed by atoms with van der Waals surface area (Å²) in [5.41, 5.74) is 3.31. The highest BCUT2D eigenvalue weighted by atomic mass is 32.1. The van der Waals surface area contributed by atoms with Crippen molar-refractivity contribution in [2.24, 2.45) is 0 Å². The van der Waals surface area contributed by atoms with Crippen molar-refractivity contribution in [3.8, 4) is 0 Å². The Morgan fingerprint density at radius 3 is 2.62 bits per heavy atom. The molecule has 2 aromatic rings. The van der Waals surface area contributed by atoms with Gasteiger partial charge in [-0.15, -0.1) is 11.3 Å². The summed E-state index contributed by atoms with van der Waals surface area (Å²) in [6.45, 7) is 7.86. The van der Waals surface area contributed by atoms with Gasteiger partial charge in [0.25, 0.3) is 5.91 Å². The highest BCUT2D eigenvalue weighted by Crippen LogP contribution is 2.39. The van der Waals surface area contributed by atoms with E-state index < -0.39 is 0 Å². The topological polar surface area (TPSA) is 54.5 Å². The molecule has 0 unspecified atom stereocenters. The summed E-state index contributed by atoms with van der Waals surface area (Å²) in [5, 5.41) is 5.73. The Hall–Kier alpha value is -1.76. The van der Waals surface area contributed by atoms with Crippen LogP contribution in [-0.2, 0) is 17.7 Å². The molecule has 1 atom stereocenters. The highest BCUT2D eigenvalue weighted by Gasteiger charge is 2.42. The Kier molecular flexibility index (Phi) is 6.32. The van der Waals surface area contributed by atoms with Gasteiger partial charge in [-0.05, 0) is 50.2 Å². The van der Waals surface area contributed by atoms with Crippen LogP contribution in [0.25, 0.3) is 0 Å². The van der Waals surface area contributed by atoms with E-state index in [-0.39, 0.29) is 17.6 Å². The Morgan fingerprint density at radius 2 is 1.97 bits per heavy atom. The van der Waals surface area contributed by atoms with Crippen molar-refractivity contribution in [2.45, 2.75) is 64.2 Å². The Labute approximate surface area is 177 Å². The lowest BCUT2D eigenvalue weighted by atomic mass is 9.88. The van der Waals surface area contributed by atoms with Crippen molar-refractivity contribution < 1.29 is 9.53 Å². The van der Waals surface area contributed by atoms with Crippen LogP contribution in [0.3, 0.4) is 0 Å². The lowest BCUT2D eigenvalue weighted by molar-refractivity contribution is -0.0764. The summed E-state index contributed by atoms with van der Waals surface area (Å²) in [6.07, 6.45) is 5.49. The second kappa shape index (κ2) is 8.94. The van der Waals surface area contributed by atoms with Crippen molar-refractivity contribution >= 4 is 17.2 Å². The highest BCUT2D eigenvalue weighted by molar-refractivity contribution is 7.09. The minimum absolute atomic E-state index is 0.00911. The van der Waals surface area contributed by atoms with Gasteiger partial charge < -0.3 is 10.1 Å². The first-order valence-electron chi connectivity index (χ1n) is 10.7. The van der Waals surface area contributed by atoms with E-state index in [1.807, 2.05) is 12.3 Å². The van der Waals surface area contributed by atoms with Gasteiger partial charge in [-0.1, -0.05) is 31.2 Å². The summed E-state index contributed by atoms with van der Waals surface area (Å²) in [4.78, 5) is 19.0. The minimum atomic E-state index is -0.0946. The monoisotopic (exact) mass is 413 g/mol. The van der Waals surface area contributed by atoms with E-state index in [0.29, 0.717) is 12.2 Å². The lowest BCUT2D eigenvalue weighted by Crippen LogP contribution is -2.44. The Bertz CT molecular complexity index is 825. The number of aryl methyl sites for hydroxylation is 2. The van der Waals surface area contributed by atoms with E-state index in [2.05, 4.69) is 46.4 Å². The van der Waals surface area contributed by atoms with Crippen LogP contribution in [0.1, 0.15) is 59.2 Å². The summed E-state index contributed by atoms with van der Waals surface area (Å²) in [7, 11) is 0. The molecule has 0 saturated carbocycles. The zero-order valence-corrected chi connectivity index (χ0v) is 18.3. The summed E-state index contributed by atoms with van der Waals surface area (Å²) in [6, 6.07) is 9.01. The molecule has 156 valence electrons. The number of amides is 1. The number of carbonyl (C=O) groups is 1. The van der Waals surface area contributed by atoms with E-state index >= 15 is 0 Å². The van der Waals surface area contributed by atoms with Gasteiger partial charge in [0.05, 0.1) is 16.7 Å². The van der Waals surface area contributed by atoms with Gasteiger partial charge in [0.1, 0.15) is 5.69 Å². The fourth-order valence-electron chi connectivity index (χ4n) is 4.43. The summed E-state index contributed by atoms with van der Waals surface area (Å²) >= 11 is 1.50. The van der Waals surface area contributed by atoms with Gasteiger partial charge in [0.2, 0.25) is 0 Å². The first-order chi connectivity index (χ1) is 14.0. The number of nitrogens with zero attached hydrogens (tertiary/aromatic N) is 2. The molecule has 0 bridgehead atoms. The number of carbonyl (C=O) groups excluding carboxylic acids is 1. The molecule has 2 aliphatic heterocycles. The molecule has 29 heavy (non-hydrogen) atoms. The SMILES string of the molecule is CCc1ccc(CN2CCC3(CC[C@H](CNC(=O)c4csc(C)n4)O3)CC2)cc1. The van der Waals surface area contributed by atoms with E-state index in [0.717, 1.165) is 56.7 Å². The molecule has 1 N–H and O–H groups in total. The van der Waals surface area contributed by atoms with Gasteiger partial charge in [-0.3, -0.25) is 9.69 Å². The molecule has 0 aliphatic carbocycles. The molecule has 3 heterocycles. The molecular weight excluding hydrogens is 382 g/mol. The van der Waals surface area contributed by atoms with Crippen LogP contribution in [0, 0.1) is 6.92 Å². The fraction of sp³-hybridized carbons (Fsp3) is 0.565. The van der Waals surface area contributed by atoms with Crippen molar-refractivity contribution in [3.63, 3.8) is 0 Å². The average Bonchev–Trinajstić information content (AvgIpc) is 3.35. The molecule has 2 aliphatic rings. The van der Waals surface area contributed by atoms with Crippen LogP contribution in [0.5, 0.6) is 0 Å². The van der Waals surface area contributed by atoms with E-state index in [4.69, 9.17) is 4.74 Å². The Morgan fingerprint density at radius 1 is 1.24 bits per heavy atom. The first kappa shape index (κ1) is 20.5. The molecular formula is C23H31N3O2S. The number of aromatic nitrogens is 1. The van der Waals surface area contributed by atoms with Crippen LogP contribution in [0.2, 0.25) is 0 Å². The Balaban J connectivity index is 1.22. The van der Waals surface area contributed by atoms with Crippen LogP contribution in [0.15, 0.2) is 29.6 Å². The van der Waals surface area contributed by atoms with Gasteiger partial charge in [0.15, 0.2) is 0 Å². The number of likely N-dealkylation sites (tertiary alicyclic amines) is 1. The zero-order valence-electron chi connectivity index (χ0n) is 17.4. The van der Waals surface area contributed by atoms with Crippen molar-refractivity contribution in [2.75, 3.05) is 19.6 Å². The van der Waals surface area contributed by atoms with Gasteiger partial charge >= 0.3 is 0 Å². The number of rotatable bonds is 6. The molecule has 1 amide bonds. The third-order valence-electron chi connectivity index (χ3n) is 6.29. The predicted octanol–water partition coefficient (Wildman–Crippen LogP) is 3.96. The van der Waals surface area contributed by atoms with Crippen molar-refractivity contribution in [3.05, 3.63) is 51.5 Å². The quantitative estimate of drug-likeness (QED) is 0.779. The maximum absolute atomic E-state index is 12.2. The molecule has 5 nitrogen and oxygen atoms in total. The number of nitrogens with one attached hydrogen (secondary N) is 1. The van der Waals surface area contributed by atoms with E-state index in [1.54, 1.807) is 0 Å². The normalized spacial score (nSPS) is 21.5. The summed E-state index contributed by atoms with van der Waals surface area (Å²) in [5.74, 6) is -0.0946. The van der Waals surface area contributed by atoms with Gasteiger partial charge in [-0.2, -0.15) is 0 Å². The van der Waals surface area contributed by atoms with E-state index in [9.17, 15) is 4.79 Å². The molecule has 2 fully saturated rings. The lowest BCUT2D eigenvalue weighted by Gasteiger charge is -2.39. The predicted molar refractivity (Wildman–Crippen MR) is 116 cm³/mol. The average molecular weight is 414 g/mol. The van der Waals surface area contributed by atoms with Gasteiger partial charge in [0, 0.05) is 31.6 Å². The molecule has 0 radical (unpaired) electrons. The minimum Gasteiger partial charge on any atom is -0.370 e. The van der Waals surface area contributed by atoms with Crippen LogP contribution < -0.4 is 5.32 Å². The number of ether oxygens (including phenoxy) is 1. The number of thiazole rings is 1. The maximum Gasteiger partial charge on any atom is 0.270 e. The molecule has 1 aromatic carbocycles. The smallest absolute Gasteiger partial charge is 0.270 e. The summed E-state index contributed by atoms with van der Waals surface area (Å²) < 4.78 is 6.45. The second-order valence-electron chi connectivity index (χ2n) is 8.37. The third-order valence-corrected chi connectivity index (χ3v) is 7.06. The third kappa shape index (κ3) is 5.05. The maximum atomic E-state index is 12.2. The fourth-order valence-corrected chi connectivity index (χ4v) is 5.02. The second-order valence-corrected chi connectivity index (χ2v) is 9.43. The number of benzene rings is 1. The number of piperidine rings is 1.